The lowest BCUT2D eigenvalue weighted by Gasteiger charge is -2.34. The Hall–Kier alpha value is -1.92. The largest absolute Gasteiger partial charge is 0.396 e. The Morgan fingerprint density at radius 1 is 1.18 bits per heavy atom. The van der Waals surface area contributed by atoms with Gasteiger partial charge in [0.2, 0.25) is 11.8 Å². The molecule has 1 aliphatic carbocycles. The molecule has 3 N–H and O–H groups in total. The molecule has 3 unspecified atom stereocenters. The lowest BCUT2D eigenvalue weighted by Crippen LogP contribution is -2.45. The number of hydrogen-bond acceptors (Lipinski definition) is 4. The summed E-state index contributed by atoms with van der Waals surface area (Å²) in [6.45, 7) is 6.89. The zero-order chi connectivity index (χ0) is 23.8. The van der Waals surface area contributed by atoms with Gasteiger partial charge in [0.25, 0.3) is 0 Å². The van der Waals surface area contributed by atoms with Gasteiger partial charge in [0.1, 0.15) is 0 Å². The highest BCUT2D eigenvalue weighted by molar-refractivity contribution is 5.92. The van der Waals surface area contributed by atoms with E-state index < -0.39 is 0 Å². The maximum atomic E-state index is 12.7. The van der Waals surface area contributed by atoms with Crippen molar-refractivity contribution in [1.82, 2.24) is 9.80 Å². The number of rotatable bonds is 11. The summed E-state index contributed by atoms with van der Waals surface area (Å²) in [5, 5.41) is 9.33. The molecule has 6 nitrogen and oxygen atoms in total. The van der Waals surface area contributed by atoms with Crippen LogP contribution in [-0.4, -0.2) is 65.0 Å². The zero-order valence-corrected chi connectivity index (χ0v) is 20.5. The molecule has 1 aliphatic heterocycles. The average molecular weight is 458 g/mol. The summed E-state index contributed by atoms with van der Waals surface area (Å²) in [5.41, 5.74) is 7.19. The van der Waals surface area contributed by atoms with Gasteiger partial charge in [-0.15, -0.1) is 0 Å². The Morgan fingerprint density at radius 2 is 1.94 bits per heavy atom. The van der Waals surface area contributed by atoms with E-state index in [1.807, 2.05) is 17.0 Å². The summed E-state index contributed by atoms with van der Waals surface area (Å²) < 4.78 is 0. The minimum absolute atomic E-state index is 0.0787. The summed E-state index contributed by atoms with van der Waals surface area (Å²) in [6, 6.07) is 8.67. The molecular formula is C27H43N3O3. The molecule has 0 radical (unpaired) electrons. The van der Waals surface area contributed by atoms with E-state index in [-0.39, 0.29) is 24.8 Å². The van der Waals surface area contributed by atoms with Gasteiger partial charge in [-0.25, -0.2) is 0 Å². The summed E-state index contributed by atoms with van der Waals surface area (Å²) in [7, 11) is 0. The van der Waals surface area contributed by atoms with Gasteiger partial charge in [-0.3, -0.25) is 14.5 Å². The van der Waals surface area contributed by atoms with E-state index in [9.17, 15) is 14.7 Å². The fourth-order valence-corrected chi connectivity index (χ4v) is 5.81. The molecular weight excluding hydrogens is 414 g/mol. The highest BCUT2D eigenvalue weighted by Crippen LogP contribution is 2.32. The van der Waals surface area contributed by atoms with E-state index >= 15 is 0 Å². The molecule has 2 amide bonds. The van der Waals surface area contributed by atoms with E-state index in [0.717, 1.165) is 38.0 Å². The summed E-state index contributed by atoms with van der Waals surface area (Å²) in [5.74, 6) is 0.635. The van der Waals surface area contributed by atoms with Gasteiger partial charge in [0.05, 0.1) is 6.61 Å². The van der Waals surface area contributed by atoms with Crippen molar-refractivity contribution in [3.63, 3.8) is 0 Å². The molecule has 1 saturated heterocycles. The van der Waals surface area contributed by atoms with Crippen molar-refractivity contribution in [2.75, 3.05) is 26.2 Å². The second-order valence-electron chi connectivity index (χ2n) is 10.3. The van der Waals surface area contributed by atoms with Crippen LogP contribution in [0.25, 0.3) is 0 Å². The number of primary amides is 1. The molecule has 2 aliphatic rings. The molecule has 1 heterocycles. The highest BCUT2D eigenvalue weighted by atomic mass is 16.3. The van der Waals surface area contributed by atoms with Crippen LogP contribution in [-0.2, 0) is 4.79 Å². The van der Waals surface area contributed by atoms with Gasteiger partial charge in [-0.1, -0.05) is 38.3 Å². The van der Waals surface area contributed by atoms with E-state index in [0.29, 0.717) is 29.5 Å². The number of carbonyl (C=O) groups is 2. The monoisotopic (exact) mass is 457 g/mol. The van der Waals surface area contributed by atoms with Crippen LogP contribution in [0.5, 0.6) is 0 Å². The molecule has 0 aromatic heterocycles. The number of amides is 2. The van der Waals surface area contributed by atoms with Crippen LogP contribution in [0, 0.1) is 5.92 Å². The Kier molecular flexibility index (Phi) is 9.75. The van der Waals surface area contributed by atoms with E-state index in [2.05, 4.69) is 24.8 Å². The molecule has 6 heteroatoms. The van der Waals surface area contributed by atoms with Gasteiger partial charge in [0, 0.05) is 43.7 Å². The third-order valence-corrected chi connectivity index (χ3v) is 7.83. The first kappa shape index (κ1) is 25.7. The number of carbonyl (C=O) groups excluding carboxylic acids is 2. The minimum atomic E-state index is -0.384. The van der Waals surface area contributed by atoms with Crippen molar-refractivity contribution in [3.05, 3.63) is 35.4 Å². The normalized spacial score (nSPS) is 22.9. The average Bonchev–Trinajstić information content (AvgIpc) is 3.16. The van der Waals surface area contributed by atoms with Gasteiger partial charge in [-0.05, 0) is 68.6 Å². The first-order chi connectivity index (χ1) is 15.9. The molecule has 1 saturated carbocycles. The quantitative estimate of drug-likeness (QED) is 0.527. The van der Waals surface area contributed by atoms with Crippen molar-refractivity contribution < 1.29 is 14.7 Å². The summed E-state index contributed by atoms with van der Waals surface area (Å²) in [6.07, 6.45) is 9.87. The lowest BCUT2D eigenvalue weighted by molar-refractivity contribution is -0.133. The molecule has 184 valence electrons. The fourth-order valence-electron chi connectivity index (χ4n) is 5.81. The molecule has 3 atom stereocenters. The third kappa shape index (κ3) is 7.28. The Balaban J connectivity index is 1.61. The third-order valence-electron chi connectivity index (χ3n) is 7.83. The maximum absolute atomic E-state index is 12.7. The van der Waals surface area contributed by atoms with Crippen LogP contribution in [0.3, 0.4) is 0 Å². The first-order valence-electron chi connectivity index (χ1n) is 12.9. The van der Waals surface area contributed by atoms with E-state index in [1.54, 1.807) is 6.07 Å². The predicted octanol–water partition coefficient (Wildman–Crippen LogP) is 3.92. The number of benzene rings is 1. The van der Waals surface area contributed by atoms with Gasteiger partial charge >= 0.3 is 0 Å². The zero-order valence-electron chi connectivity index (χ0n) is 20.5. The van der Waals surface area contributed by atoms with Crippen molar-refractivity contribution in [1.29, 1.82) is 0 Å². The highest BCUT2D eigenvalue weighted by Gasteiger charge is 2.32. The predicted molar refractivity (Wildman–Crippen MR) is 132 cm³/mol. The molecule has 0 spiro atoms. The van der Waals surface area contributed by atoms with E-state index in [1.165, 1.54) is 38.5 Å². The molecule has 1 aromatic rings. The molecule has 2 fully saturated rings. The maximum Gasteiger partial charge on any atom is 0.248 e. The lowest BCUT2D eigenvalue weighted by atomic mass is 9.89. The van der Waals surface area contributed by atoms with Crippen LogP contribution < -0.4 is 5.73 Å². The van der Waals surface area contributed by atoms with Crippen LogP contribution in [0.2, 0.25) is 0 Å². The molecule has 0 bridgehead atoms. The Morgan fingerprint density at radius 3 is 2.64 bits per heavy atom. The smallest absolute Gasteiger partial charge is 0.248 e. The SMILES string of the molecule is CC(CC1CCC(C)N1CCN(CC1CCCCC1)C(=O)CCO)c1cccc(C(N)=O)c1. The van der Waals surface area contributed by atoms with Gasteiger partial charge in [-0.2, -0.15) is 0 Å². The van der Waals surface area contributed by atoms with Crippen LogP contribution in [0.15, 0.2) is 24.3 Å². The second kappa shape index (κ2) is 12.5. The number of nitrogens with two attached hydrogens (primary N) is 1. The van der Waals surface area contributed by atoms with Crippen LogP contribution in [0.1, 0.15) is 93.5 Å². The number of hydrogen-bond donors (Lipinski definition) is 2. The molecule has 3 rings (SSSR count). The second-order valence-corrected chi connectivity index (χ2v) is 10.3. The first-order valence-corrected chi connectivity index (χ1v) is 12.9. The summed E-state index contributed by atoms with van der Waals surface area (Å²) >= 11 is 0. The summed E-state index contributed by atoms with van der Waals surface area (Å²) in [4.78, 5) is 28.9. The minimum Gasteiger partial charge on any atom is -0.396 e. The van der Waals surface area contributed by atoms with Gasteiger partial charge < -0.3 is 15.7 Å². The molecule has 1 aromatic carbocycles. The Labute approximate surface area is 199 Å². The number of likely N-dealkylation sites (tertiary alicyclic amines) is 1. The molecule has 33 heavy (non-hydrogen) atoms. The van der Waals surface area contributed by atoms with E-state index in [4.69, 9.17) is 5.73 Å². The van der Waals surface area contributed by atoms with Crippen molar-refractivity contribution in [3.8, 4) is 0 Å². The Bertz CT molecular complexity index is 778. The van der Waals surface area contributed by atoms with Crippen molar-refractivity contribution >= 4 is 11.8 Å². The number of aliphatic hydroxyl groups excluding tert-OH is 1. The fraction of sp³-hybridized carbons (Fsp3) is 0.704. The van der Waals surface area contributed by atoms with Crippen LogP contribution >= 0.6 is 0 Å². The van der Waals surface area contributed by atoms with Crippen molar-refractivity contribution in [2.45, 2.75) is 89.6 Å². The topological polar surface area (TPSA) is 86.9 Å². The van der Waals surface area contributed by atoms with Crippen molar-refractivity contribution in [2.24, 2.45) is 11.7 Å². The number of aliphatic hydroxyl groups is 1. The van der Waals surface area contributed by atoms with Crippen LogP contribution in [0.4, 0.5) is 0 Å². The standard InChI is InChI=1S/C27H43N3O3/c1-20(23-9-6-10-24(18-23)27(28)33)17-25-12-11-21(2)30(25)15-14-29(26(32)13-16-31)19-22-7-4-3-5-8-22/h6,9-10,18,20-22,25,31H,3-5,7-8,11-17,19H2,1-2H3,(H2,28,33). The van der Waals surface area contributed by atoms with Gasteiger partial charge in [0.15, 0.2) is 0 Å². The number of nitrogens with zero attached hydrogens (tertiary/aromatic N) is 2.